The molecule has 0 aliphatic carbocycles. The highest BCUT2D eigenvalue weighted by atomic mass is 16.3. The summed E-state index contributed by atoms with van der Waals surface area (Å²) in [6.45, 7) is 1.10. The predicted octanol–water partition coefficient (Wildman–Crippen LogP) is -0.703. The van der Waals surface area contributed by atoms with Gasteiger partial charge in [-0.15, -0.1) is 0 Å². The van der Waals surface area contributed by atoms with Crippen LogP contribution in [0.4, 0.5) is 0 Å². The second kappa shape index (κ2) is 2.62. The molecule has 1 aromatic heterocycles. The normalized spacial score (nSPS) is 14.9. The molecule has 1 aliphatic heterocycles. The first-order valence-electron chi connectivity index (χ1n) is 3.91. The van der Waals surface area contributed by atoms with Crippen LogP contribution >= 0.6 is 0 Å². The van der Waals surface area contributed by atoms with Crippen LogP contribution in [0, 0.1) is 0 Å². The monoisotopic (exact) mass is 180 g/mol. The van der Waals surface area contributed by atoms with E-state index >= 15 is 0 Å². The topological polar surface area (TPSA) is 71.3 Å². The Morgan fingerprint density at radius 1 is 1.46 bits per heavy atom. The Labute approximate surface area is 73.6 Å². The van der Waals surface area contributed by atoms with E-state index in [4.69, 9.17) is 0 Å². The summed E-state index contributed by atoms with van der Waals surface area (Å²) in [5.41, 5.74) is -0.470. The Balaban J connectivity index is 2.72. The van der Waals surface area contributed by atoms with Crippen LogP contribution in [0.3, 0.4) is 0 Å². The Morgan fingerprint density at radius 3 is 3.00 bits per heavy atom. The molecular weight excluding hydrogens is 172 g/mol. The number of aromatic nitrogens is 1. The molecule has 0 unspecified atom stereocenters. The standard InChI is InChI=1S/C8H8N2O3/c11-5-1-3-10-4-2-9-8(13)6(10)7(5)12/h1,3,12H,2,4H2,(H,9,13). The minimum absolute atomic E-state index is 0.0544. The van der Waals surface area contributed by atoms with Gasteiger partial charge in [-0.1, -0.05) is 0 Å². The number of fused-ring (bicyclic) bond motifs is 1. The zero-order valence-corrected chi connectivity index (χ0v) is 6.78. The average Bonchev–Trinajstić information content (AvgIpc) is 2.12. The zero-order valence-electron chi connectivity index (χ0n) is 6.78. The molecule has 68 valence electrons. The molecule has 0 saturated heterocycles. The molecule has 0 spiro atoms. The summed E-state index contributed by atoms with van der Waals surface area (Å²) in [7, 11) is 0. The summed E-state index contributed by atoms with van der Waals surface area (Å²) >= 11 is 0. The number of hydrogen-bond donors (Lipinski definition) is 2. The number of rotatable bonds is 0. The van der Waals surface area contributed by atoms with Crippen LogP contribution in [-0.2, 0) is 6.54 Å². The summed E-state index contributed by atoms with van der Waals surface area (Å²) in [5.74, 6) is -0.874. The van der Waals surface area contributed by atoms with Gasteiger partial charge in [0, 0.05) is 25.4 Å². The Morgan fingerprint density at radius 2 is 2.23 bits per heavy atom. The van der Waals surface area contributed by atoms with Crippen molar-refractivity contribution in [2.75, 3.05) is 6.54 Å². The first-order valence-corrected chi connectivity index (χ1v) is 3.91. The molecule has 0 atom stereocenters. The summed E-state index contributed by atoms with van der Waals surface area (Å²) in [6, 6.07) is 1.25. The maximum absolute atomic E-state index is 11.2. The van der Waals surface area contributed by atoms with Crippen LogP contribution in [0.25, 0.3) is 0 Å². The van der Waals surface area contributed by atoms with Gasteiger partial charge in [-0.3, -0.25) is 9.59 Å². The molecule has 2 N–H and O–H groups in total. The van der Waals surface area contributed by atoms with E-state index in [2.05, 4.69) is 5.32 Å². The van der Waals surface area contributed by atoms with E-state index in [0.717, 1.165) is 0 Å². The van der Waals surface area contributed by atoms with Crippen molar-refractivity contribution in [1.29, 1.82) is 0 Å². The zero-order chi connectivity index (χ0) is 9.42. The fraction of sp³-hybridized carbons (Fsp3) is 0.250. The van der Waals surface area contributed by atoms with Gasteiger partial charge < -0.3 is 15.0 Å². The molecule has 1 amide bonds. The van der Waals surface area contributed by atoms with Crippen LogP contribution in [0.2, 0.25) is 0 Å². The van der Waals surface area contributed by atoms with Crippen molar-refractivity contribution in [2.24, 2.45) is 0 Å². The van der Waals surface area contributed by atoms with Gasteiger partial charge in [0.1, 0.15) is 0 Å². The molecule has 5 heteroatoms. The molecule has 0 aromatic carbocycles. The smallest absolute Gasteiger partial charge is 0.271 e. The van der Waals surface area contributed by atoms with Gasteiger partial charge in [0.15, 0.2) is 11.4 Å². The second-order valence-electron chi connectivity index (χ2n) is 2.83. The largest absolute Gasteiger partial charge is 0.503 e. The van der Waals surface area contributed by atoms with Crippen molar-refractivity contribution in [1.82, 2.24) is 9.88 Å². The highest BCUT2D eigenvalue weighted by Crippen LogP contribution is 2.13. The van der Waals surface area contributed by atoms with E-state index < -0.39 is 17.1 Å². The number of carbonyl (C=O) groups excluding carboxylic acids is 1. The average molecular weight is 180 g/mol. The van der Waals surface area contributed by atoms with Gasteiger partial charge >= 0.3 is 0 Å². The van der Waals surface area contributed by atoms with Crippen molar-refractivity contribution in [3.05, 3.63) is 28.2 Å². The van der Waals surface area contributed by atoms with E-state index in [1.54, 1.807) is 4.57 Å². The minimum atomic E-state index is -0.525. The van der Waals surface area contributed by atoms with Gasteiger partial charge in [-0.25, -0.2) is 0 Å². The highest BCUT2D eigenvalue weighted by Gasteiger charge is 2.20. The third-order valence-corrected chi connectivity index (χ3v) is 2.00. The van der Waals surface area contributed by atoms with E-state index in [9.17, 15) is 14.7 Å². The summed E-state index contributed by atoms with van der Waals surface area (Å²) in [6.07, 6.45) is 1.51. The first kappa shape index (κ1) is 7.85. The first-order chi connectivity index (χ1) is 6.20. The van der Waals surface area contributed by atoms with Gasteiger partial charge in [-0.05, 0) is 0 Å². The molecule has 0 saturated carbocycles. The molecule has 1 aliphatic rings. The molecule has 0 bridgehead atoms. The SMILES string of the molecule is O=C1NCCn2ccc(=O)c(O)c21. The Hall–Kier alpha value is -1.78. The van der Waals surface area contributed by atoms with Gasteiger partial charge in [0.05, 0.1) is 0 Å². The summed E-state index contributed by atoms with van der Waals surface area (Å²) < 4.78 is 1.57. The van der Waals surface area contributed by atoms with E-state index in [1.807, 2.05) is 0 Å². The second-order valence-corrected chi connectivity index (χ2v) is 2.83. The molecular formula is C8H8N2O3. The number of nitrogens with zero attached hydrogens (tertiary/aromatic N) is 1. The number of carbonyl (C=O) groups is 1. The summed E-state index contributed by atoms with van der Waals surface area (Å²) in [4.78, 5) is 22.2. The molecule has 2 heterocycles. The molecule has 0 fully saturated rings. The van der Waals surface area contributed by atoms with Crippen molar-refractivity contribution in [3.63, 3.8) is 0 Å². The van der Waals surface area contributed by atoms with Crippen LogP contribution < -0.4 is 10.7 Å². The maximum atomic E-state index is 11.2. The molecule has 5 nitrogen and oxygen atoms in total. The van der Waals surface area contributed by atoms with Crippen LogP contribution in [0.15, 0.2) is 17.1 Å². The van der Waals surface area contributed by atoms with Crippen molar-refractivity contribution in [3.8, 4) is 5.75 Å². The summed E-state index contributed by atoms with van der Waals surface area (Å²) in [5, 5.41) is 11.9. The van der Waals surface area contributed by atoms with Crippen LogP contribution in [-0.4, -0.2) is 22.1 Å². The van der Waals surface area contributed by atoms with Crippen LogP contribution in [0.1, 0.15) is 10.5 Å². The number of aromatic hydroxyl groups is 1. The lowest BCUT2D eigenvalue weighted by atomic mass is 10.2. The predicted molar refractivity (Wildman–Crippen MR) is 44.7 cm³/mol. The van der Waals surface area contributed by atoms with Gasteiger partial charge in [0.2, 0.25) is 5.43 Å². The molecule has 1 aromatic rings. The van der Waals surface area contributed by atoms with E-state index in [-0.39, 0.29) is 5.69 Å². The number of hydrogen-bond acceptors (Lipinski definition) is 3. The highest BCUT2D eigenvalue weighted by molar-refractivity contribution is 5.95. The lowest BCUT2D eigenvalue weighted by Crippen LogP contribution is -2.37. The quantitative estimate of drug-likeness (QED) is 0.554. The van der Waals surface area contributed by atoms with Crippen LogP contribution in [0.5, 0.6) is 5.75 Å². The van der Waals surface area contributed by atoms with Crippen molar-refractivity contribution < 1.29 is 9.90 Å². The molecule has 2 rings (SSSR count). The number of nitrogens with one attached hydrogen (secondary N) is 1. The third-order valence-electron chi connectivity index (χ3n) is 2.00. The molecule has 13 heavy (non-hydrogen) atoms. The number of amides is 1. The Kier molecular flexibility index (Phi) is 1.58. The van der Waals surface area contributed by atoms with E-state index in [0.29, 0.717) is 13.1 Å². The fourth-order valence-corrected chi connectivity index (χ4v) is 1.36. The van der Waals surface area contributed by atoms with Gasteiger partial charge in [0.25, 0.3) is 5.91 Å². The van der Waals surface area contributed by atoms with E-state index in [1.165, 1.54) is 12.3 Å². The Bertz CT molecular complexity index is 422. The third kappa shape index (κ3) is 1.09. The maximum Gasteiger partial charge on any atom is 0.271 e. The van der Waals surface area contributed by atoms with Crippen molar-refractivity contribution in [2.45, 2.75) is 6.54 Å². The van der Waals surface area contributed by atoms with Gasteiger partial charge in [-0.2, -0.15) is 0 Å². The lowest BCUT2D eigenvalue weighted by Gasteiger charge is -2.19. The van der Waals surface area contributed by atoms with Crippen molar-refractivity contribution >= 4 is 5.91 Å². The lowest BCUT2D eigenvalue weighted by molar-refractivity contribution is 0.0922. The minimum Gasteiger partial charge on any atom is -0.503 e. The number of pyridine rings is 1. The molecule has 0 radical (unpaired) electrons. The fourth-order valence-electron chi connectivity index (χ4n) is 1.36.